The third-order valence-corrected chi connectivity index (χ3v) is 8.35. The molecule has 5 nitrogen and oxygen atoms in total. The van der Waals surface area contributed by atoms with Crippen LogP contribution in [0.4, 0.5) is 5.82 Å². The Morgan fingerprint density at radius 2 is 1.82 bits per heavy atom. The summed E-state index contributed by atoms with van der Waals surface area (Å²) in [5.74, 6) is 0.374. The standard InChI is InChI=1S/C27H28ClN3O2S/c28-20-8-10-21(11-9-20)34-23-6-2-1-5-22(23)25-18-15-19(26(25)27(32)33)17-31(16-18)14-13-30-24-7-3-4-12-29-24/h1-12,18-19,25-26H,13-17H2,(H,29,30)(H,32,33)/t18-,19+,25+,26-/m0/s1. The molecule has 1 saturated heterocycles. The van der Waals surface area contributed by atoms with Gasteiger partial charge in [-0.05, 0) is 66.3 Å². The van der Waals surface area contributed by atoms with Gasteiger partial charge in [-0.3, -0.25) is 4.79 Å². The lowest BCUT2D eigenvalue weighted by Crippen LogP contribution is -2.40. The van der Waals surface area contributed by atoms with Crippen molar-refractivity contribution in [2.75, 3.05) is 31.5 Å². The summed E-state index contributed by atoms with van der Waals surface area (Å²) >= 11 is 7.75. The molecular weight excluding hydrogens is 466 g/mol. The number of hydrogen-bond donors (Lipinski definition) is 2. The zero-order valence-electron chi connectivity index (χ0n) is 18.8. The van der Waals surface area contributed by atoms with E-state index in [1.807, 2.05) is 54.6 Å². The minimum Gasteiger partial charge on any atom is -0.481 e. The van der Waals surface area contributed by atoms with Crippen LogP contribution in [0, 0.1) is 17.8 Å². The second-order valence-electron chi connectivity index (χ2n) is 9.14. The van der Waals surface area contributed by atoms with E-state index in [1.165, 1.54) is 0 Å². The first-order valence-corrected chi connectivity index (χ1v) is 12.9. The van der Waals surface area contributed by atoms with Gasteiger partial charge in [-0.25, -0.2) is 4.98 Å². The summed E-state index contributed by atoms with van der Waals surface area (Å²) in [6.07, 6.45) is 2.76. The van der Waals surface area contributed by atoms with E-state index in [0.29, 0.717) is 10.9 Å². The summed E-state index contributed by atoms with van der Waals surface area (Å²) in [5.41, 5.74) is 1.16. The number of nitrogens with zero attached hydrogens (tertiary/aromatic N) is 2. The molecule has 2 aliphatic rings. The number of rotatable bonds is 8. The molecule has 0 unspecified atom stereocenters. The zero-order chi connectivity index (χ0) is 23.5. The van der Waals surface area contributed by atoms with Crippen LogP contribution in [0.2, 0.25) is 5.02 Å². The number of nitrogens with one attached hydrogen (secondary N) is 1. The van der Waals surface area contributed by atoms with Gasteiger partial charge in [-0.2, -0.15) is 0 Å². The number of hydrogen-bond acceptors (Lipinski definition) is 5. The number of carboxylic acids is 1. The maximum absolute atomic E-state index is 12.5. The van der Waals surface area contributed by atoms with Crippen molar-refractivity contribution in [3.8, 4) is 0 Å². The summed E-state index contributed by atoms with van der Waals surface area (Å²) in [6.45, 7) is 3.43. The number of anilines is 1. The molecular formula is C27H28ClN3O2S. The van der Waals surface area contributed by atoms with E-state index >= 15 is 0 Å². The highest BCUT2D eigenvalue weighted by Crippen LogP contribution is 2.53. The number of pyridine rings is 1. The van der Waals surface area contributed by atoms with Gasteiger partial charge >= 0.3 is 5.97 Å². The van der Waals surface area contributed by atoms with E-state index < -0.39 is 5.97 Å². The van der Waals surface area contributed by atoms with E-state index in [2.05, 4.69) is 27.3 Å². The summed E-state index contributed by atoms with van der Waals surface area (Å²) in [4.78, 5) is 21.5. The summed E-state index contributed by atoms with van der Waals surface area (Å²) in [7, 11) is 0. The lowest BCUT2D eigenvalue weighted by Gasteiger charge is -2.32. The molecule has 2 N–H and O–H groups in total. The molecule has 0 amide bonds. The molecule has 2 fully saturated rings. The Hall–Kier alpha value is -2.54. The van der Waals surface area contributed by atoms with E-state index in [4.69, 9.17) is 11.6 Å². The van der Waals surface area contributed by atoms with Crippen molar-refractivity contribution in [3.63, 3.8) is 0 Å². The third-order valence-electron chi connectivity index (χ3n) is 7.00. The Morgan fingerprint density at radius 3 is 2.59 bits per heavy atom. The number of halogens is 1. The molecule has 1 aliphatic carbocycles. The van der Waals surface area contributed by atoms with Gasteiger partial charge in [0, 0.05) is 53.1 Å². The third kappa shape index (κ3) is 5.09. The zero-order valence-corrected chi connectivity index (χ0v) is 20.4. The first-order chi connectivity index (χ1) is 16.6. The van der Waals surface area contributed by atoms with Gasteiger partial charge in [0.25, 0.3) is 0 Å². The van der Waals surface area contributed by atoms with Crippen LogP contribution in [0.1, 0.15) is 17.9 Å². The molecule has 5 rings (SSSR count). The number of aliphatic carboxylic acids is 1. The van der Waals surface area contributed by atoms with Crippen molar-refractivity contribution in [1.82, 2.24) is 9.88 Å². The highest BCUT2D eigenvalue weighted by Gasteiger charge is 2.51. The molecule has 1 aromatic heterocycles. The molecule has 7 heteroatoms. The normalized spacial score (nSPS) is 24.1. The Kier molecular flexibility index (Phi) is 7.09. The summed E-state index contributed by atoms with van der Waals surface area (Å²) < 4.78 is 0. The largest absolute Gasteiger partial charge is 0.481 e. The number of piperidine rings is 1. The smallest absolute Gasteiger partial charge is 0.307 e. The predicted octanol–water partition coefficient (Wildman–Crippen LogP) is 5.73. The first-order valence-electron chi connectivity index (χ1n) is 11.7. The van der Waals surface area contributed by atoms with Gasteiger partial charge in [0.2, 0.25) is 0 Å². The predicted molar refractivity (Wildman–Crippen MR) is 137 cm³/mol. The second-order valence-corrected chi connectivity index (χ2v) is 10.7. The number of benzene rings is 2. The molecule has 34 heavy (non-hydrogen) atoms. The van der Waals surface area contributed by atoms with Gasteiger partial charge in [0.15, 0.2) is 0 Å². The SMILES string of the molecule is O=C(O)[C@H]1[C@@H]2C[C@@H](CN(CCNc3ccccn3)C2)[C@@H]1c1ccccc1Sc1ccc(Cl)cc1. The molecule has 1 aliphatic heterocycles. The van der Waals surface area contributed by atoms with Crippen molar-refractivity contribution in [3.05, 3.63) is 83.5 Å². The number of carbonyl (C=O) groups is 1. The van der Waals surface area contributed by atoms with Crippen molar-refractivity contribution >= 4 is 35.1 Å². The minimum absolute atomic E-state index is 0.0206. The molecule has 2 bridgehead atoms. The van der Waals surface area contributed by atoms with Crippen LogP contribution in [0.3, 0.4) is 0 Å². The van der Waals surface area contributed by atoms with Crippen LogP contribution in [0.5, 0.6) is 0 Å². The van der Waals surface area contributed by atoms with Crippen molar-refractivity contribution < 1.29 is 9.90 Å². The van der Waals surface area contributed by atoms with Gasteiger partial charge < -0.3 is 15.3 Å². The van der Waals surface area contributed by atoms with Crippen LogP contribution >= 0.6 is 23.4 Å². The molecule has 2 aromatic carbocycles. The van der Waals surface area contributed by atoms with Crippen LogP contribution in [0.25, 0.3) is 0 Å². The number of carboxylic acid groups (broad SMARTS) is 1. The average Bonchev–Trinajstić information content (AvgIpc) is 3.11. The maximum atomic E-state index is 12.5. The Labute approximate surface area is 209 Å². The Bertz CT molecular complexity index is 1130. The number of likely N-dealkylation sites (tertiary alicyclic amines) is 1. The Balaban J connectivity index is 1.34. The monoisotopic (exact) mass is 493 g/mol. The maximum Gasteiger partial charge on any atom is 0.307 e. The highest BCUT2D eigenvalue weighted by molar-refractivity contribution is 7.99. The molecule has 0 radical (unpaired) electrons. The molecule has 1 saturated carbocycles. The average molecular weight is 494 g/mol. The lowest BCUT2D eigenvalue weighted by atomic mass is 9.82. The number of fused-ring (bicyclic) bond motifs is 2. The Morgan fingerprint density at radius 1 is 1.06 bits per heavy atom. The quantitative estimate of drug-likeness (QED) is 0.417. The minimum atomic E-state index is -0.669. The number of aromatic nitrogens is 1. The van der Waals surface area contributed by atoms with Gasteiger partial charge in [-0.1, -0.05) is 47.6 Å². The molecule has 2 heterocycles. The van der Waals surface area contributed by atoms with Crippen molar-refractivity contribution in [2.24, 2.45) is 17.8 Å². The van der Waals surface area contributed by atoms with Crippen LogP contribution in [0.15, 0.2) is 82.7 Å². The molecule has 3 aromatic rings. The summed E-state index contributed by atoms with van der Waals surface area (Å²) in [6, 6.07) is 22.0. The van der Waals surface area contributed by atoms with Crippen LogP contribution in [-0.4, -0.2) is 47.1 Å². The van der Waals surface area contributed by atoms with Crippen LogP contribution in [-0.2, 0) is 4.79 Å². The van der Waals surface area contributed by atoms with Crippen LogP contribution < -0.4 is 5.32 Å². The van der Waals surface area contributed by atoms with E-state index in [-0.39, 0.29) is 17.8 Å². The lowest BCUT2D eigenvalue weighted by molar-refractivity contribution is -0.143. The first kappa shape index (κ1) is 23.2. The van der Waals surface area contributed by atoms with Gasteiger partial charge in [0.1, 0.15) is 5.82 Å². The molecule has 4 atom stereocenters. The fourth-order valence-electron chi connectivity index (χ4n) is 5.66. The fraction of sp³-hybridized carbons (Fsp3) is 0.333. The van der Waals surface area contributed by atoms with E-state index in [9.17, 15) is 9.90 Å². The summed E-state index contributed by atoms with van der Waals surface area (Å²) in [5, 5.41) is 14.3. The fourth-order valence-corrected chi connectivity index (χ4v) is 6.78. The van der Waals surface area contributed by atoms with Crippen molar-refractivity contribution in [2.45, 2.75) is 22.1 Å². The van der Waals surface area contributed by atoms with E-state index in [1.54, 1.807) is 18.0 Å². The van der Waals surface area contributed by atoms with Crippen molar-refractivity contribution in [1.29, 1.82) is 0 Å². The molecule has 176 valence electrons. The molecule has 0 spiro atoms. The second kappa shape index (κ2) is 10.4. The topological polar surface area (TPSA) is 65.5 Å². The van der Waals surface area contributed by atoms with Gasteiger partial charge in [-0.15, -0.1) is 0 Å². The highest BCUT2D eigenvalue weighted by atomic mass is 35.5. The van der Waals surface area contributed by atoms with E-state index in [0.717, 1.165) is 53.8 Å². The van der Waals surface area contributed by atoms with Gasteiger partial charge in [0.05, 0.1) is 5.92 Å².